The molecular formula is C39H52ClN5O2. The molecule has 2 aromatic heterocycles. The van der Waals surface area contributed by atoms with Gasteiger partial charge < -0.3 is 9.64 Å². The maximum Gasteiger partial charge on any atom is 0.274 e. The van der Waals surface area contributed by atoms with Crippen LogP contribution in [0.1, 0.15) is 81.5 Å². The number of nitrogens with zero attached hydrogens (tertiary/aromatic N) is 5. The number of fused-ring (bicyclic) bond motifs is 1. The lowest BCUT2D eigenvalue weighted by molar-refractivity contribution is 0.221. The minimum absolute atomic E-state index is 0.0355. The highest BCUT2D eigenvalue weighted by atomic mass is 35.5. The summed E-state index contributed by atoms with van der Waals surface area (Å²) < 4.78 is 7.71. The molecule has 1 saturated heterocycles. The van der Waals surface area contributed by atoms with Crippen LogP contribution in [0, 0.1) is 0 Å². The Hall–Kier alpha value is -3.26. The predicted octanol–water partition coefficient (Wildman–Crippen LogP) is 7.80. The lowest BCUT2D eigenvalue weighted by Gasteiger charge is -2.25. The molecule has 8 heteroatoms. The van der Waals surface area contributed by atoms with Gasteiger partial charge in [0.1, 0.15) is 5.75 Å². The van der Waals surface area contributed by atoms with E-state index in [0.717, 1.165) is 87.2 Å². The van der Waals surface area contributed by atoms with E-state index >= 15 is 0 Å². The van der Waals surface area contributed by atoms with Crippen molar-refractivity contribution in [3.05, 3.63) is 99.2 Å². The molecule has 0 unspecified atom stereocenters. The molecule has 3 heterocycles. The average molecular weight is 658 g/mol. The van der Waals surface area contributed by atoms with Gasteiger partial charge in [-0.05, 0) is 113 Å². The molecule has 0 saturated carbocycles. The molecule has 1 atom stereocenters. The molecule has 47 heavy (non-hydrogen) atoms. The van der Waals surface area contributed by atoms with Crippen molar-refractivity contribution in [1.29, 1.82) is 0 Å². The smallest absolute Gasteiger partial charge is 0.274 e. The Balaban J connectivity index is 1.07. The molecule has 252 valence electrons. The van der Waals surface area contributed by atoms with E-state index in [-0.39, 0.29) is 5.56 Å². The van der Waals surface area contributed by atoms with E-state index in [1.807, 2.05) is 30.3 Å². The van der Waals surface area contributed by atoms with E-state index in [4.69, 9.17) is 21.4 Å². The Morgan fingerprint density at radius 1 is 0.915 bits per heavy atom. The fourth-order valence-corrected chi connectivity index (χ4v) is 6.81. The van der Waals surface area contributed by atoms with Crippen LogP contribution in [0.15, 0.2) is 71.8 Å². The second kappa shape index (κ2) is 18.3. The monoisotopic (exact) mass is 657 g/mol. The Morgan fingerprint density at radius 2 is 1.70 bits per heavy atom. The molecule has 0 radical (unpaired) electrons. The summed E-state index contributed by atoms with van der Waals surface area (Å²) in [6.45, 7) is 8.02. The number of benzene rings is 2. The van der Waals surface area contributed by atoms with Crippen molar-refractivity contribution < 1.29 is 4.74 Å². The van der Waals surface area contributed by atoms with Crippen molar-refractivity contribution in [3.63, 3.8) is 0 Å². The van der Waals surface area contributed by atoms with Crippen molar-refractivity contribution in [3.8, 4) is 5.75 Å². The number of unbranched alkanes of at least 4 members (excludes halogenated alkanes) is 4. The molecule has 1 aliphatic heterocycles. The zero-order valence-corrected chi connectivity index (χ0v) is 29.1. The minimum atomic E-state index is -0.0355. The first-order chi connectivity index (χ1) is 23.0. The zero-order valence-electron chi connectivity index (χ0n) is 28.4. The molecule has 0 amide bonds. The van der Waals surface area contributed by atoms with Gasteiger partial charge in [0.25, 0.3) is 5.56 Å². The van der Waals surface area contributed by atoms with Crippen LogP contribution in [0.4, 0.5) is 0 Å². The van der Waals surface area contributed by atoms with Crippen molar-refractivity contribution in [2.75, 3.05) is 39.8 Å². The van der Waals surface area contributed by atoms with Gasteiger partial charge in [-0.1, -0.05) is 62.1 Å². The van der Waals surface area contributed by atoms with Gasteiger partial charge in [-0.15, -0.1) is 0 Å². The highest BCUT2D eigenvalue weighted by molar-refractivity contribution is 6.30. The van der Waals surface area contributed by atoms with Gasteiger partial charge in [0.2, 0.25) is 0 Å². The van der Waals surface area contributed by atoms with Crippen molar-refractivity contribution in [2.24, 2.45) is 0 Å². The quantitative estimate of drug-likeness (QED) is 0.0959. The highest BCUT2D eigenvalue weighted by Gasteiger charge is 2.25. The molecule has 2 aromatic carbocycles. The number of likely N-dealkylation sites (tertiary alicyclic amines) is 1. The van der Waals surface area contributed by atoms with E-state index in [2.05, 4.69) is 53.0 Å². The number of halogens is 1. The van der Waals surface area contributed by atoms with Gasteiger partial charge in [-0.25, -0.2) is 4.68 Å². The van der Waals surface area contributed by atoms with Crippen LogP contribution in [0.5, 0.6) is 5.75 Å². The first kappa shape index (κ1) is 35.1. The normalized spacial score (nSPS) is 15.2. The van der Waals surface area contributed by atoms with Crippen LogP contribution in [-0.2, 0) is 19.4 Å². The molecule has 1 aliphatic rings. The number of pyridine rings is 1. The zero-order chi connectivity index (χ0) is 32.8. The SMILES string of the molecule is CCCCCCN(C)CCCOc1ccc(CCCCN2CCC[C@@H]2Cn2nc(Cc3ccc(Cl)cc3)c3cnccc3c2=O)cc1. The Labute approximate surface area is 285 Å². The maximum absolute atomic E-state index is 13.5. The predicted molar refractivity (Wildman–Crippen MR) is 194 cm³/mol. The molecule has 0 N–H and O–H groups in total. The van der Waals surface area contributed by atoms with Gasteiger partial charge >= 0.3 is 0 Å². The summed E-state index contributed by atoms with van der Waals surface area (Å²) in [4.78, 5) is 22.8. The van der Waals surface area contributed by atoms with Crippen LogP contribution >= 0.6 is 11.6 Å². The second-order valence-corrected chi connectivity index (χ2v) is 13.6. The minimum Gasteiger partial charge on any atom is -0.494 e. The average Bonchev–Trinajstić information content (AvgIpc) is 3.53. The molecular weight excluding hydrogens is 606 g/mol. The summed E-state index contributed by atoms with van der Waals surface area (Å²) in [7, 11) is 2.21. The number of hydrogen-bond donors (Lipinski definition) is 0. The van der Waals surface area contributed by atoms with E-state index in [1.54, 1.807) is 17.1 Å². The second-order valence-electron chi connectivity index (χ2n) is 13.2. The maximum atomic E-state index is 13.5. The van der Waals surface area contributed by atoms with Gasteiger partial charge in [-0.2, -0.15) is 5.10 Å². The first-order valence-electron chi connectivity index (χ1n) is 17.7. The summed E-state index contributed by atoms with van der Waals surface area (Å²) in [6, 6.07) is 18.6. The Bertz CT molecular complexity index is 1570. The molecule has 0 bridgehead atoms. The van der Waals surface area contributed by atoms with Crippen LogP contribution < -0.4 is 10.3 Å². The third kappa shape index (κ3) is 10.6. The van der Waals surface area contributed by atoms with Crippen LogP contribution in [0.25, 0.3) is 10.8 Å². The van der Waals surface area contributed by atoms with Crippen LogP contribution in [0.2, 0.25) is 5.02 Å². The van der Waals surface area contributed by atoms with Gasteiger partial charge in [-0.3, -0.25) is 14.7 Å². The fraction of sp³-hybridized carbons (Fsp3) is 0.513. The summed E-state index contributed by atoms with van der Waals surface area (Å²) in [5.41, 5.74) is 3.30. The molecule has 5 rings (SSSR count). The first-order valence-corrected chi connectivity index (χ1v) is 18.1. The highest BCUT2D eigenvalue weighted by Crippen LogP contribution is 2.22. The topological polar surface area (TPSA) is 63.5 Å². The largest absolute Gasteiger partial charge is 0.494 e. The fourth-order valence-electron chi connectivity index (χ4n) is 6.68. The summed E-state index contributed by atoms with van der Waals surface area (Å²) in [6.07, 6.45) is 16.0. The number of aryl methyl sites for hydroxylation is 1. The lowest BCUT2D eigenvalue weighted by atomic mass is 10.1. The third-order valence-corrected chi connectivity index (χ3v) is 9.69. The summed E-state index contributed by atoms with van der Waals surface area (Å²) >= 11 is 6.11. The summed E-state index contributed by atoms with van der Waals surface area (Å²) in [5.74, 6) is 0.962. The number of rotatable bonds is 19. The lowest BCUT2D eigenvalue weighted by Crippen LogP contribution is -2.38. The third-order valence-electron chi connectivity index (χ3n) is 9.44. The summed E-state index contributed by atoms with van der Waals surface area (Å²) in [5, 5.41) is 7.11. The van der Waals surface area contributed by atoms with Crippen LogP contribution in [-0.4, -0.2) is 70.4 Å². The van der Waals surface area contributed by atoms with Crippen molar-refractivity contribution in [2.45, 2.75) is 90.1 Å². The molecule has 0 aliphatic carbocycles. The molecule has 4 aromatic rings. The molecule has 7 nitrogen and oxygen atoms in total. The molecule has 1 fully saturated rings. The van der Waals surface area contributed by atoms with Gasteiger partial charge in [0.05, 0.1) is 24.2 Å². The van der Waals surface area contributed by atoms with E-state index in [9.17, 15) is 4.79 Å². The van der Waals surface area contributed by atoms with E-state index in [1.165, 1.54) is 37.8 Å². The van der Waals surface area contributed by atoms with Gasteiger partial charge in [0.15, 0.2) is 0 Å². The van der Waals surface area contributed by atoms with Crippen molar-refractivity contribution in [1.82, 2.24) is 24.6 Å². The van der Waals surface area contributed by atoms with Crippen LogP contribution in [0.3, 0.4) is 0 Å². The van der Waals surface area contributed by atoms with Gasteiger partial charge in [0, 0.05) is 41.8 Å². The number of aromatic nitrogens is 3. The Morgan fingerprint density at radius 3 is 2.51 bits per heavy atom. The van der Waals surface area contributed by atoms with E-state index < -0.39 is 0 Å². The standard InChI is InChI=1S/C39H52ClN5O2/c1-3-4-5-7-23-43(2)24-10-27-47-35-19-15-31(16-20-35)11-6-8-25-44-26-9-12-34(44)30-45-39(46)36-21-22-41-29-37(36)38(42-45)28-32-13-17-33(40)18-14-32/h13-22,29,34H,3-12,23-28,30H2,1-2H3/t34-/m1/s1. The number of ether oxygens (including phenoxy) is 1. The van der Waals surface area contributed by atoms with Crippen molar-refractivity contribution >= 4 is 22.4 Å². The van der Waals surface area contributed by atoms with E-state index in [0.29, 0.717) is 29.4 Å². The Kier molecular flexibility index (Phi) is 13.7. The number of hydrogen-bond acceptors (Lipinski definition) is 6. The molecule has 0 spiro atoms.